The fourth-order valence-electron chi connectivity index (χ4n) is 4.93. The van der Waals surface area contributed by atoms with Crippen LogP contribution in [0.2, 0.25) is 0 Å². The third-order valence-corrected chi connectivity index (χ3v) is 8.12. The van der Waals surface area contributed by atoms with Crippen LogP contribution in [0.15, 0.2) is 17.2 Å². The molecule has 2 aliphatic heterocycles. The summed E-state index contributed by atoms with van der Waals surface area (Å²) in [6, 6.07) is 0.940. The number of thioether (sulfide) groups is 1. The topological polar surface area (TPSA) is 90.7 Å². The fourth-order valence-corrected chi connectivity index (χ4v) is 6.32. The second kappa shape index (κ2) is 9.21. The first-order valence-electron chi connectivity index (χ1n) is 11.1. The summed E-state index contributed by atoms with van der Waals surface area (Å²) in [6.45, 7) is 3.20. The van der Waals surface area contributed by atoms with Crippen LogP contribution in [0.5, 0.6) is 0 Å². The van der Waals surface area contributed by atoms with E-state index in [0.29, 0.717) is 32.1 Å². The van der Waals surface area contributed by atoms with E-state index in [1.807, 2.05) is 0 Å². The number of amides is 1. The Labute approximate surface area is 194 Å². The summed E-state index contributed by atoms with van der Waals surface area (Å²) in [4.78, 5) is 27.7. The van der Waals surface area contributed by atoms with Gasteiger partial charge in [0.25, 0.3) is 0 Å². The van der Waals surface area contributed by atoms with E-state index in [1.165, 1.54) is 25.1 Å². The zero-order valence-corrected chi connectivity index (χ0v) is 19.2. The predicted octanol–water partition coefficient (Wildman–Crippen LogP) is 2.85. The number of alkyl halides is 3. The molecule has 2 fully saturated rings. The molecule has 1 saturated heterocycles. The molecule has 0 bridgehead atoms. The lowest BCUT2D eigenvalue weighted by molar-refractivity contribution is -0.142. The Hall–Kier alpha value is -2.21. The third-order valence-electron chi connectivity index (χ3n) is 6.72. The van der Waals surface area contributed by atoms with Crippen molar-refractivity contribution in [2.24, 2.45) is 5.92 Å². The fraction of sp³-hybridized carbons (Fsp3) is 0.667. The average Bonchev–Trinajstić information content (AvgIpc) is 3.40. The van der Waals surface area contributed by atoms with Gasteiger partial charge in [-0.25, -0.2) is 4.79 Å². The van der Waals surface area contributed by atoms with Crippen molar-refractivity contribution in [3.63, 3.8) is 0 Å². The van der Waals surface area contributed by atoms with Crippen molar-refractivity contribution in [3.8, 4) is 0 Å². The van der Waals surface area contributed by atoms with E-state index in [-0.39, 0.29) is 23.8 Å². The van der Waals surface area contributed by atoms with Gasteiger partial charge in [0.1, 0.15) is 17.2 Å². The van der Waals surface area contributed by atoms with Crippen molar-refractivity contribution in [1.29, 1.82) is 0 Å². The zero-order chi connectivity index (χ0) is 23.8. The maximum atomic E-state index is 12.9. The Morgan fingerprint density at radius 3 is 2.42 bits per heavy atom. The second-order valence-electron chi connectivity index (χ2n) is 8.81. The maximum Gasteiger partial charge on any atom is 0.435 e. The van der Waals surface area contributed by atoms with Crippen molar-refractivity contribution < 1.29 is 27.9 Å². The zero-order valence-electron chi connectivity index (χ0n) is 18.4. The molecule has 12 heteroatoms. The van der Waals surface area contributed by atoms with Gasteiger partial charge in [0, 0.05) is 43.2 Å². The molecule has 1 aromatic heterocycles. The number of aryl methyl sites for hydroxylation is 1. The van der Waals surface area contributed by atoms with Gasteiger partial charge in [0.05, 0.1) is 0 Å². The molecule has 0 radical (unpaired) electrons. The summed E-state index contributed by atoms with van der Waals surface area (Å²) >= 11 is 1.51. The highest BCUT2D eigenvalue weighted by Crippen LogP contribution is 2.46. The Kier molecular flexibility index (Phi) is 6.68. The molecular weight excluding hydrogens is 459 g/mol. The molecule has 0 aromatic carbocycles. The van der Waals surface area contributed by atoms with Crippen molar-refractivity contribution in [2.75, 3.05) is 26.2 Å². The molecular formula is C21H28F3N5O3S. The van der Waals surface area contributed by atoms with Gasteiger partial charge in [0.2, 0.25) is 5.91 Å². The van der Waals surface area contributed by atoms with Crippen LogP contribution in [0.3, 0.4) is 0 Å². The van der Waals surface area contributed by atoms with Crippen LogP contribution in [0.1, 0.15) is 43.5 Å². The first kappa shape index (κ1) is 23.9. The van der Waals surface area contributed by atoms with E-state index in [0.717, 1.165) is 36.4 Å². The summed E-state index contributed by atoms with van der Waals surface area (Å²) in [5, 5.41) is 18.0. The quantitative estimate of drug-likeness (QED) is 0.660. The molecule has 8 nitrogen and oxygen atoms in total. The number of aromatic nitrogens is 2. The number of carbonyl (C=O) groups is 2. The Bertz CT molecular complexity index is 936. The summed E-state index contributed by atoms with van der Waals surface area (Å²) in [7, 11) is 0. The predicted molar refractivity (Wildman–Crippen MR) is 116 cm³/mol. The van der Waals surface area contributed by atoms with Crippen LogP contribution in [0.4, 0.5) is 13.2 Å². The Balaban J connectivity index is 1.41. The first-order valence-corrected chi connectivity index (χ1v) is 12.0. The van der Waals surface area contributed by atoms with Crippen molar-refractivity contribution in [2.45, 2.75) is 56.7 Å². The number of carbonyl (C=O) groups excluding carboxylic acids is 1. The van der Waals surface area contributed by atoms with Gasteiger partial charge in [-0.2, -0.15) is 18.3 Å². The molecule has 33 heavy (non-hydrogen) atoms. The molecule has 1 aromatic rings. The van der Waals surface area contributed by atoms with Gasteiger partial charge in [-0.15, -0.1) is 0 Å². The van der Waals surface area contributed by atoms with E-state index in [1.54, 1.807) is 10.3 Å². The van der Waals surface area contributed by atoms with Crippen molar-refractivity contribution in [1.82, 2.24) is 24.9 Å². The number of halogens is 3. The minimum Gasteiger partial charge on any atom is -0.477 e. The molecule has 3 heterocycles. The smallest absolute Gasteiger partial charge is 0.435 e. The normalized spacial score (nSPS) is 25.1. The maximum absolute atomic E-state index is 12.9. The molecule has 1 aliphatic carbocycles. The van der Waals surface area contributed by atoms with Crippen molar-refractivity contribution >= 4 is 23.6 Å². The number of nitrogens with zero attached hydrogens (tertiary/aromatic N) is 4. The van der Waals surface area contributed by atoms with E-state index in [2.05, 4.69) is 15.3 Å². The number of hydrogen-bond donors (Lipinski definition) is 2. The van der Waals surface area contributed by atoms with Crippen LogP contribution < -0.4 is 5.32 Å². The van der Waals surface area contributed by atoms with Crippen LogP contribution in [0, 0.1) is 12.8 Å². The van der Waals surface area contributed by atoms with Crippen LogP contribution in [-0.2, 0) is 22.3 Å². The number of aliphatic carboxylic acids is 1. The highest BCUT2D eigenvalue weighted by molar-refractivity contribution is 8.03. The van der Waals surface area contributed by atoms with E-state index < -0.39 is 22.8 Å². The minimum atomic E-state index is -4.55. The highest BCUT2D eigenvalue weighted by Gasteiger charge is 2.49. The highest BCUT2D eigenvalue weighted by atomic mass is 32.2. The van der Waals surface area contributed by atoms with Gasteiger partial charge < -0.3 is 15.3 Å². The number of nitrogens with one attached hydrogen (secondary N) is 1. The SMILES string of the molecule is Cc1cc(C(F)(F)F)nn1CC(=O)N1CCN(C2(C3CCCCC3)NC(C(=O)O)=CS2)CC1. The molecule has 0 spiro atoms. The standard InChI is InChI=1S/C21H28F3N5O3S/c1-14-11-17(20(22,23)24)26-29(14)12-18(30)27-7-9-28(10-8-27)21(15-5-3-2-4-6-15)25-16(13-33-21)19(31)32/h11,13,15,25H,2-10,12H2,1H3,(H,31,32). The van der Waals surface area contributed by atoms with Crippen LogP contribution in [0.25, 0.3) is 0 Å². The molecule has 4 rings (SSSR count). The lowest BCUT2D eigenvalue weighted by atomic mass is 9.85. The third kappa shape index (κ3) is 4.86. The Morgan fingerprint density at radius 2 is 1.88 bits per heavy atom. The summed E-state index contributed by atoms with van der Waals surface area (Å²) in [6.07, 6.45) is 0.881. The Morgan fingerprint density at radius 1 is 1.21 bits per heavy atom. The van der Waals surface area contributed by atoms with Gasteiger partial charge in [-0.05, 0) is 25.8 Å². The first-order chi connectivity index (χ1) is 15.6. The number of carboxylic acid groups (broad SMARTS) is 1. The largest absolute Gasteiger partial charge is 0.477 e. The van der Waals surface area contributed by atoms with E-state index >= 15 is 0 Å². The molecule has 1 unspecified atom stereocenters. The summed E-state index contributed by atoms with van der Waals surface area (Å²) in [5.41, 5.74) is -0.527. The summed E-state index contributed by atoms with van der Waals surface area (Å²) < 4.78 is 39.8. The van der Waals surface area contributed by atoms with Crippen LogP contribution >= 0.6 is 11.8 Å². The molecule has 182 valence electrons. The number of piperazine rings is 1. The lowest BCUT2D eigenvalue weighted by Crippen LogP contribution is -2.64. The van der Waals surface area contributed by atoms with Gasteiger partial charge in [-0.1, -0.05) is 31.0 Å². The van der Waals surface area contributed by atoms with E-state index in [9.17, 15) is 27.9 Å². The molecule has 1 atom stereocenters. The van der Waals surface area contributed by atoms with E-state index in [4.69, 9.17) is 0 Å². The monoisotopic (exact) mass is 487 g/mol. The number of rotatable bonds is 5. The number of hydrogen-bond acceptors (Lipinski definition) is 6. The van der Waals surface area contributed by atoms with Gasteiger partial charge in [0.15, 0.2) is 5.69 Å². The van der Waals surface area contributed by atoms with Gasteiger partial charge >= 0.3 is 12.1 Å². The minimum absolute atomic E-state index is 0.193. The van der Waals surface area contributed by atoms with Crippen molar-refractivity contribution in [3.05, 3.63) is 28.6 Å². The molecule has 3 aliphatic rings. The second-order valence-corrected chi connectivity index (χ2v) is 9.90. The molecule has 1 saturated carbocycles. The number of carboxylic acids is 1. The molecule has 2 N–H and O–H groups in total. The average molecular weight is 488 g/mol. The summed E-state index contributed by atoms with van der Waals surface area (Å²) in [5.74, 6) is -0.974. The van der Waals surface area contributed by atoms with Crippen LogP contribution in [-0.4, -0.2) is 67.7 Å². The molecule has 1 amide bonds. The van der Waals surface area contributed by atoms with Gasteiger partial charge in [-0.3, -0.25) is 14.4 Å². The lowest BCUT2D eigenvalue weighted by Gasteiger charge is -2.50.